The fraction of sp³-hybridized carbons (Fsp3) is 0.333. The van der Waals surface area contributed by atoms with Crippen LogP contribution in [0.3, 0.4) is 0 Å². The fourth-order valence-corrected chi connectivity index (χ4v) is 3.96. The van der Waals surface area contributed by atoms with Crippen LogP contribution in [0.5, 0.6) is 0 Å². The summed E-state index contributed by atoms with van der Waals surface area (Å²) < 4.78 is 0. The van der Waals surface area contributed by atoms with Crippen LogP contribution in [0.1, 0.15) is 13.8 Å². The van der Waals surface area contributed by atoms with Crippen LogP contribution in [0, 0.1) is 33.8 Å². The number of aliphatic carboxylic acids is 1. The molecule has 3 rings (SSSR count). The van der Waals surface area contributed by atoms with Crippen molar-refractivity contribution in [2.24, 2.45) is 23.7 Å². The van der Waals surface area contributed by atoms with Gasteiger partial charge in [-0.2, -0.15) is 0 Å². The van der Waals surface area contributed by atoms with Gasteiger partial charge in [0.2, 0.25) is 5.91 Å². The van der Waals surface area contributed by atoms with Crippen LogP contribution in [-0.2, 0) is 9.59 Å². The van der Waals surface area contributed by atoms with Crippen molar-refractivity contribution < 1.29 is 19.6 Å². The molecule has 0 aromatic heterocycles. The van der Waals surface area contributed by atoms with Crippen LogP contribution in [0.15, 0.2) is 47.6 Å². The minimum absolute atomic E-state index is 0.134. The van der Waals surface area contributed by atoms with E-state index in [2.05, 4.69) is 5.32 Å². The van der Waals surface area contributed by atoms with Crippen molar-refractivity contribution in [3.8, 4) is 0 Å². The maximum atomic E-state index is 12.8. The highest BCUT2D eigenvalue weighted by Crippen LogP contribution is 2.53. The SMILES string of the molecule is CC(C)=C1[C@H]2C=C[C@@H]1[C@H](C(=O)O)[C@@H]2C(=O)Nc1cccc([N+](=O)[O-])c1. The first-order valence-corrected chi connectivity index (χ1v) is 7.95. The molecule has 2 aliphatic carbocycles. The lowest BCUT2D eigenvalue weighted by molar-refractivity contribution is -0.384. The molecule has 1 aromatic carbocycles. The Morgan fingerprint density at radius 3 is 2.36 bits per heavy atom. The van der Waals surface area contributed by atoms with Crippen LogP contribution in [0.2, 0.25) is 0 Å². The zero-order valence-electron chi connectivity index (χ0n) is 13.8. The molecule has 1 saturated carbocycles. The van der Waals surface area contributed by atoms with E-state index in [1.54, 1.807) is 6.07 Å². The lowest BCUT2D eigenvalue weighted by atomic mass is 9.82. The van der Waals surface area contributed by atoms with Gasteiger partial charge in [-0.25, -0.2) is 0 Å². The Balaban J connectivity index is 1.90. The molecule has 0 unspecified atom stereocenters. The number of fused-ring (bicyclic) bond motifs is 2. The summed E-state index contributed by atoms with van der Waals surface area (Å²) in [5.74, 6) is -3.49. The van der Waals surface area contributed by atoms with Gasteiger partial charge in [0, 0.05) is 29.7 Å². The second kappa shape index (κ2) is 6.16. The van der Waals surface area contributed by atoms with Gasteiger partial charge in [0.1, 0.15) is 0 Å². The molecule has 0 aliphatic heterocycles. The third kappa shape index (κ3) is 2.82. The number of hydrogen-bond acceptors (Lipinski definition) is 4. The summed E-state index contributed by atoms with van der Waals surface area (Å²) in [7, 11) is 0. The Morgan fingerprint density at radius 1 is 1.16 bits per heavy atom. The van der Waals surface area contributed by atoms with E-state index in [9.17, 15) is 24.8 Å². The van der Waals surface area contributed by atoms with Crippen molar-refractivity contribution in [3.05, 3.63) is 57.7 Å². The summed E-state index contributed by atoms with van der Waals surface area (Å²) in [6, 6.07) is 5.62. The highest BCUT2D eigenvalue weighted by molar-refractivity contribution is 5.97. The number of amides is 1. The third-order valence-corrected chi connectivity index (χ3v) is 4.89. The largest absolute Gasteiger partial charge is 0.481 e. The highest BCUT2D eigenvalue weighted by atomic mass is 16.6. The van der Waals surface area contributed by atoms with Crippen molar-refractivity contribution in [2.45, 2.75) is 13.8 Å². The molecule has 25 heavy (non-hydrogen) atoms. The van der Waals surface area contributed by atoms with Crippen molar-refractivity contribution in [1.82, 2.24) is 0 Å². The average molecular weight is 342 g/mol. The van der Waals surface area contributed by atoms with E-state index in [-0.39, 0.29) is 23.2 Å². The molecule has 0 spiro atoms. The minimum atomic E-state index is -1.00. The molecule has 0 saturated heterocycles. The summed E-state index contributed by atoms with van der Waals surface area (Å²) >= 11 is 0. The van der Waals surface area contributed by atoms with Crippen LogP contribution < -0.4 is 5.32 Å². The zero-order chi connectivity index (χ0) is 18.3. The first-order valence-electron chi connectivity index (χ1n) is 7.95. The first kappa shape index (κ1) is 16.9. The van der Waals surface area contributed by atoms with Gasteiger partial charge in [-0.1, -0.05) is 29.4 Å². The number of nitro groups is 1. The van der Waals surface area contributed by atoms with Crippen LogP contribution in [-0.4, -0.2) is 21.9 Å². The monoisotopic (exact) mass is 342 g/mol. The Bertz CT molecular complexity index is 823. The van der Waals surface area contributed by atoms with E-state index < -0.39 is 28.6 Å². The number of carbonyl (C=O) groups is 2. The highest BCUT2D eigenvalue weighted by Gasteiger charge is 2.54. The van der Waals surface area contributed by atoms with Gasteiger partial charge in [0.25, 0.3) is 5.69 Å². The first-order chi connectivity index (χ1) is 11.8. The number of benzene rings is 1. The van der Waals surface area contributed by atoms with Gasteiger partial charge in [-0.15, -0.1) is 0 Å². The van der Waals surface area contributed by atoms with E-state index >= 15 is 0 Å². The number of carboxylic acid groups (broad SMARTS) is 1. The predicted molar refractivity (Wildman–Crippen MR) is 90.8 cm³/mol. The lowest BCUT2D eigenvalue weighted by Gasteiger charge is -2.23. The van der Waals surface area contributed by atoms with Gasteiger partial charge in [0.15, 0.2) is 0 Å². The number of carbonyl (C=O) groups excluding carboxylic acids is 1. The number of nitrogens with one attached hydrogen (secondary N) is 1. The van der Waals surface area contributed by atoms with E-state index in [0.717, 1.165) is 11.1 Å². The number of carboxylic acids is 1. The van der Waals surface area contributed by atoms with E-state index in [4.69, 9.17) is 0 Å². The molecule has 1 fully saturated rings. The molecule has 1 aromatic rings. The van der Waals surface area contributed by atoms with E-state index in [1.165, 1.54) is 18.2 Å². The number of non-ortho nitro benzene ring substituents is 1. The minimum Gasteiger partial charge on any atom is -0.481 e. The van der Waals surface area contributed by atoms with Gasteiger partial charge in [-0.05, 0) is 19.9 Å². The molecule has 130 valence electrons. The molecule has 2 N–H and O–H groups in total. The molecule has 0 heterocycles. The lowest BCUT2D eigenvalue weighted by Crippen LogP contribution is -2.36. The normalized spacial score (nSPS) is 26.6. The van der Waals surface area contributed by atoms with Crippen molar-refractivity contribution in [3.63, 3.8) is 0 Å². The van der Waals surface area contributed by atoms with Gasteiger partial charge < -0.3 is 10.4 Å². The van der Waals surface area contributed by atoms with Gasteiger partial charge in [-0.3, -0.25) is 19.7 Å². The topological polar surface area (TPSA) is 110 Å². The standard InChI is InChI=1S/C18H18N2O5/c1-9(2)14-12-6-7-13(14)16(18(22)23)15(12)17(21)19-10-4-3-5-11(8-10)20(24)25/h3-8,12-13,15-16H,1-2H3,(H,19,21)(H,22,23)/t12-,13+,15-,16+/m1/s1. The Hall–Kier alpha value is -2.96. The molecule has 4 atom stereocenters. The molecule has 1 amide bonds. The molecule has 2 bridgehead atoms. The number of anilines is 1. The average Bonchev–Trinajstić information content (AvgIpc) is 3.11. The summed E-state index contributed by atoms with van der Waals surface area (Å²) in [6.07, 6.45) is 3.76. The quantitative estimate of drug-likeness (QED) is 0.496. The maximum Gasteiger partial charge on any atom is 0.308 e. The van der Waals surface area contributed by atoms with Crippen molar-refractivity contribution >= 4 is 23.3 Å². The molecular weight excluding hydrogens is 324 g/mol. The van der Waals surface area contributed by atoms with Crippen LogP contribution in [0.25, 0.3) is 0 Å². The number of allylic oxidation sites excluding steroid dienone is 4. The molecule has 0 radical (unpaired) electrons. The summed E-state index contributed by atoms with van der Waals surface area (Å²) in [4.78, 5) is 34.8. The van der Waals surface area contributed by atoms with E-state index in [0.29, 0.717) is 0 Å². The second-order valence-electron chi connectivity index (χ2n) is 6.58. The fourth-order valence-electron chi connectivity index (χ4n) is 3.96. The van der Waals surface area contributed by atoms with Crippen molar-refractivity contribution in [2.75, 3.05) is 5.32 Å². The predicted octanol–water partition coefficient (Wildman–Crippen LogP) is 3.00. The third-order valence-electron chi connectivity index (χ3n) is 4.89. The number of nitrogens with zero attached hydrogens (tertiary/aromatic N) is 1. The van der Waals surface area contributed by atoms with Gasteiger partial charge >= 0.3 is 5.97 Å². The molecule has 2 aliphatic rings. The number of rotatable bonds is 4. The molecule has 7 heteroatoms. The summed E-state index contributed by atoms with van der Waals surface area (Å²) in [5.41, 5.74) is 2.17. The molecule has 7 nitrogen and oxygen atoms in total. The van der Waals surface area contributed by atoms with Crippen LogP contribution >= 0.6 is 0 Å². The maximum absolute atomic E-state index is 12.8. The summed E-state index contributed by atoms with van der Waals surface area (Å²) in [6.45, 7) is 3.84. The zero-order valence-corrected chi connectivity index (χ0v) is 13.8. The van der Waals surface area contributed by atoms with Crippen LogP contribution in [0.4, 0.5) is 11.4 Å². The van der Waals surface area contributed by atoms with Gasteiger partial charge in [0.05, 0.1) is 16.8 Å². The number of nitro benzene ring substituents is 1. The van der Waals surface area contributed by atoms with E-state index in [1.807, 2.05) is 26.0 Å². The Labute approximate surface area is 144 Å². The Kier molecular flexibility index (Phi) is 4.16. The Morgan fingerprint density at radius 2 is 1.80 bits per heavy atom. The number of hydrogen-bond donors (Lipinski definition) is 2. The van der Waals surface area contributed by atoms with Crippen molar-refractivity contribution in [1.29, 1.82) is 0 Å². The second-order valence-corrected chi connectivity index (χ2v) is 6.58. The smallest absolute Gasteiger partial charge is 0.308 e. The molecular formula is C18H18N2O5. The summed E-state index contributed by atoms with van der Waals surface area (Å²) in [5, 5.41) is 23.1.